The van der Waals surface area contributed by atoms with Crippen LogP contribution in [0.4, 0.5) is 18.9 Å². The quantitative estimate of drug-likeness (QED) is 0.826. The van der Waals surface area contributed by atoms with Gasteiger partial charge in [0.1, 0.15) is 17.1 Å². The fraction of sp³-hybridized carbons (Fsp3) is 0.571. The van der Waals surface area contributed by atoms with E-state index in [-0.39, 0.29) is 18.5 Å². The molecule has 0 saturated carbocycles. The van der Waals surface area contributed by atoms with E-state index in [2.05, 4.69) is 27.9 Å². The zero-order valence-electron chi connectivity index (χ0n) is 16.8. The maximum atomic E-state index is 13.9. The lowest BCUT2D eigenvalue weighted by Gasteiger charge is -2.37. The molecule has 0 amide bonds. The average molecular weight is 418 g/mol. The molecule has 160 valence electrons. The molecule has 2 aliphatic rings. The van der Waals surface area contributed by atoms with E-state index in [1.54, 1.807) is 17.0 Å². The van der Waals surface area contributed by atoms with Gasteiger partial charge in [-0.3, -0.25) is 9.97 Å². The molecule has 2 aromatic rings. The topological polar surface area (TPSA) is 82.1 Å². The summed E-state index contributed by atoms with van der Waals surface area (Å²) in [6.07, 6.45) is -0.476. The monoisotopic (exact) mass is 418 g/mol. The molecule has 1 aromatic carbocycles. The van der Waals surface area contributed by atoms with Crippen LogP contribution >= 0.6 is 0 Å². The Morgan fingerprint density at radius 2 is 1.90 bits per heavy atom. The molecule has 4 rings (SSSR count). The maximum absolute atomic E-state index is 13.9. The number of rotatable bonds is 3. The molecule has 2 fully saturated rings. The van der Waals surface area contributed by atoms with Crippen molar-refractivity contribution in [1.82, 2.24) is 14.9 Å². The highest BCUT2D eigenvalue weighted by Crippen LogP contribution is 2.41. The minimum atomic E-state index is -4.27. The fourth-order valence-corrected chi connectivity index (χ4v) is 4.76. The van der Waals surface area contributed by atoms with Gasteiger partial charge in [-0.05, 0) is 31.0 Å². The number of nitrogens with zero attached hydrogens (tertiary/aromatic N) is 5. The number of alkyl halides is 3. The van der Waals surface area contributed by atoms with E-state index in [4.69, 9.17) is 5.73 Å². The number of aromatic nitrogens is 2. The molecule has 2 aliphatic heterocycles. The number of anilines is 1. The number of nitrogens with two attached hydrogens (primary N) is 1. The molecule has 3 heterocycles. The average Bonchev–Trinajstić information content (AvgIpc) is 3.14. The third kappa shape index (κ3) is 3.94. The molecule has 2 N–H and O–H groups in total. The second kappa shape index (κ2) is 8.00. The molecule has 4 atom stereocenters. The van der Waals surface area contributed by atoms with Gasteiger partial charge in [0.25, 0.3) is 0 Å². The number of nitriles is 1. The van der Waals surface area contributed by atoms with Crippen LogP contribution in [0.15, 0.2) is 24.5 Å². The molecule has 6 nitrogen and oxygen atoms in total. The number of benzene rings is 1. The summed E-state index contributed by atoms with van der Waals surface area (Å²) in [5, 5.41) is 9.31. The second-order valence-electron chi connectivity index (χ2n) is 8.50. The number of halogens is 3. The first-order valence-corrected chi connectivity index (χ1v) is 10.2. The molecule has 0 bridgehead atoms. The molecule has 1 aromatic heterocycles. The van der Waals surface area contributed by atoms with Gasteiger partial charge in [-0.1, -0.05) is 6.92 Å². The smallest absolute Gasteiger partial charge is 0.369 e. The van der Waals surface area contributed by atoms with Crippen LogP contribution in [0.3, 0.4) is 0 Å². The Morgan fingerprint density at radius 3 is 2.57 bits per heavy atom. The van der Waals surface area contributed by atoms with Crippen LogP contribution in [-0.2, 0) is 0 Å². The largest absolute Gasteiger partial charge is 0.393 e. The summed E-state index contributed by atoms with van der Waals surface area (Å²) in [5.74, 6) is -1.67. The van der Waals surface area contributed by atoms with Crippen molar-refractivity contribution in [2.75, 3.05) is 37.6 Å². The fourth-order valence-electron chi connectivity index (χ4n) is 4.76. The van der Waals surface area contributed by atoms with Crippen LogP contribution in [-0.4, -0.2) is 59.8 Å². The Hall–Kier alpha value is -2.44. The van der Waals surface area contributed by atoms with Crippen molar-refractivity contribution < 1.29 is 13.2 Å². The van der Waals surface area contributed by atoms with Crippen LogP contribution in [0, 0.1) is 29.1 Å². The molecule has 9 heteroatoms. The third-order valence-corrected chi connectivity index (χ3v) is 6.47. The van der Waals surface area contributed by atoms with Crippen LogP contribution in [0.1, 0.15) is 18.9 Å². The molecule has 0 aliphatic carbocycles. The normalized spacial score (nSPS) is 28.1. The van der Waals surface area contributed by atoms with E-state index in [0.717, 1.165) is 19.5 Å². The minimum Gasteiger partial charge on any atom is -0.369 e. The molecule has 0 unspecified atom stereocenters. The maximum Gasteiger partial charge on any atom is 0.393 e. The lowest BCUT2D eigenvalue weighted by atomic mass is 9.91. The van der Waals surface area contributed by atoms with Gasteiger partial charge in [0, 0.05) is 50.5 Å². The first-order valence-electron chi connectivity index (χ1n) is 10.2. The van der Waals surface area contributed by atoms with E-state index < -0.39 is 18.0 Å². The summed E-state index contributed by atoms with van der Waals surface area (Å²) in [4.78, 5) is 12.4. The molecular weight excluding hydrogens is 393 g/mol. The van der Waals surface area contributed by atoms with Crippen molar-refractivity contribution in [3.05, 3.63) is 30.1 Å². The van der Waals surface area contributed by atoms with E-state index >= 15 is 0 Å². The van der Waals surface area contributed by atoms with E-state index in [1.807, 2.05) is 0 Å². The number of hydrogen-bond donors (Lipinski definition) is 1. The summed E-state index contributed by atoms with van der Waals surface area (Å²) in [5.41, 5.74) is 7.92. The SMILES string of the molecule is C[C@H]1CN(C[C@H]2CN(c3ccc(C#N)c4nccnc34)C[C@@H]2C(F)(F)F)CC[C@H]1N. The summed E-state index contributed by atoms with van der Waals surface area (Å²) in [6, 6.07) is 5.48. The van der Waals surface area contributed by atoms with Crippen LogP contribution < -0.4 is 10.6 Å². The zero-order valence-corrected chi connectivity index (χ0v) is 16.8. The Morgan fingerprint density at radius 1 is 1.17 bits per heavy atom. The number of likely N-dealkylation sites (tertiary alicyclic amines) is 1. The van der Waals surface area contributed by atoms with Crippen LogP contribution in [0.25, 0.3) is 11.0 Å². The minimum absolute atomic E-state index is 0.114. The molecule has 2 saturated heterocycles. The number of piperidine rings is 1. The van der Waals surface area contributed by atoms with Gasteiger partial charge in [0.05, 0.1) is 17.2 Å². The van der Waals surface area contributed by atoms with Crippen molar-refractivity contribution in [2.24, 2.45) is 23.5 Å². The summed E-state index contributed by atoms with van der Waals surface area (Å²) < 4.78 is 41.7. The van der Waals surface area contributed by atoms with Gasteiger partial charge in [0.2, 0.25) is 0 Å². The molecule has 30 heavy (non-hydrogen) atoms. The van der Waals surface area contributed by atoms with E-state index in [0.29, 0.717) is 35.4 Å². The van der Waals surface area contributed by atoms with Crippen molar-refractivity contribution in [2.45, 2.75) is 25.6 Å². The third-order valence-electron chi connectivity index (χ3n) is 6.47. The predicted molar refractivity (Wildman–Crippen MR) is 108 cm³/mol. The van der Waals surface area contributed by atoms with Crippen molar-refractivity contribution in [3.8, 4) is 6.07 Å². The number of hydrogen-bond acceptors (Lipinski definition) is 6. The van der Waals surface area contributed by atoms with Gasteiger partial charge in [-0.15, -0.1) is 0 Å². The van der Waals surface area contributed by atoms with Gasteiger partial charge >= 0.3 is 6.18 Å². The van der Waals surface area contributed by atoms with Gasteiger partial charge in [0.15, 0.2) is 0 Å². The Labute approximate surface area is 173 Å². The zero-order chi connectivity index (χ0) is 21.5. The van der Waals surface area contributed by atoms with Crippen molar-refractivity contribution >= 4 is 16.7 Å². The lowest BCUT2D eigenvalue weighted by Crippen LogP contribution is -2.48. The number of fused-ring (bicyclic) bond motifs is 1. The summed E-state index contributed by atoms with van der Waals surface area (Å²) in [7, 11) is 0. The standard InChI is InChI=1S/C21H25F3N6/c1-13-9-29(7-4-17(13)26)10-15-11-30(12-16(15)21(22,23)24)18-3-2-14(8-25)19-20(18)28-6-5-27-19/h2-3,5-6,13,15-17H,4,7,9-12,26H2,1H3/t13-,15-,16-,17+/m0/s1. The molecule has 0 spiro atoms. The highest BCUT2D eigenvalue weighted by Gasteiger charge is 2.50. The Balaban J connectivity index is 1.61. The van der Waals surface area contributed by atoms with Gasteiger partial charge < -0.3 is 15.5 Å². The highest BCUT2D eigenvalue weighted by atomic mass is 19.4. The van der Waals surface area contributed by atoms with E-state index in [1.165, 1.54) is 12.4 Å². The second-order valence-corrected chi connectivity index (χ2v) is 8.50. The predicted octanol–water partition coefficient (Wildman–Crippen LogP) is 2.79. The highest BCUT2D eigenvalue weighted by molar-refractivity contribution is 5.92. The van der Waals surface area contributed by atoms with Gasteiger partial charge in [-0.2, -0.15) is 18.4 Å². The first-order chi connectivity index (χ1) is 14.3. The molecular formula is C21H25F3N6. The first kappa shape index (κ1) is 20.8. The van der Waals surface area contributed by atoms with Crippen molar-refractivity contribution in [1.29, 1.82) is 5.26 Å². The van der Waals surface area contributed by atoms with Crippen LogP contribution in [0.5, 0.6) is 0 Å². The van der Waals surface area contributed by atoms with Gasteiger partial charge in [-0.25, -0.2) is 0 Å². The lowest BCUT2D eigenvalue weighted by molar-refractivity contribution is -0.180. The summed E-state index contributed by atoms with van der Waals surface area (Å²) in [6.45, 7) is 4.09. The van der Waals surface area contributed by atoms with E-state index in [9.17, 15) is 18.4 Å². The van der Waals surface area contributed by atoms with Crippen molar-refractivity contribution in [3.63, 3.8) is 0 Å². The summed E-state index contributed by atoms with van der Waals surface area (Å²) >= 11 is 0. The van der Waals surface area contributed by atoms with Crippen LogP contribution in [0.2, 0.25) is 0 Å². The molecule has 0 radical (unpaired) electrons. The Bertz CT molecular complexity index is 956. The Kier molecular flexibility index (Phi) is 5.55.